The van der Waals surface area contributed by atoms with Gasteiger partial charge in [0.15, 0.2) is 5.96 Å². The van der Waals surface area contributed by atoms with Crippen LogP contribution in [0.4, 0.5) is 0 Å². The number of hydrogen-bond acceptors (Lipinski definition) is 3. The summed E-state index contributed by atoms with van der Waals surface area (Å²) >= 11 is 0. The zero-order valence-electron chi connectivity index (χ0n) is 17.5. The van der Waals surface area contributed by atoms with Crippen LogP contribution in [0.5, 0.6) is 0 Å². The van der Waals surface area contributed by atoms with Crippen molar-refractivity contribution in [3.8, 4) is 0 Å². The Bertz CT molecular complexity index is 807. The molecule has 1 heterocycles. The number of benzene rings is 2. The molecule has 2 aromatic rings. The standard InChI is InChI=1S/C24H31N3O2/c1-4-27-18(2)22(23(28)29-3)21(16-15-19-11-7-5-8-12-19)26-24(27)25-17-20-13-9-6-10-14-20/h5-14,18,21-22H,4,15-17H2,1-3H3,(H,25,26)/t18-,21+,22-/m1/s1. The van der Waals surface area contributed by atoms with Crippen molar-refractivity contribution in [2.45, 2.75) is 45.3 Å². The molecule has 154 valence electrons. The molecule has 2 aromatic carbocycles. The highest BCUT2D eigenvalue weighted by atomic mass is 16.5. The average molecular weight is 394 g/mol. The molecule has 3 atom stereocenters. The maximum absolute atomic E-state index is 12.6. The van der Waals surface area contributed by atoms with E-state index in [1.807, 2.05) is 24.3 Å². The highest BCUT2D eigenvalue weighted by Crippen LogP contribution is 2.25. The van der Waals surface area contributed by atoms with E-state index in [2.05, 4.69) is 60.5 Å². The third-order valence-electron chi connectivity index (χ3n) is 5.69. The van der Waals surface area contributed by atoms with Crippen LogP contribution in [-0.2, 0) is 22.5 Å². The lowest BCUT2D eigenvalue weighted by Crippen LogP contribution is -2.63. The number of carbonyl (C=O) groups excluding carboxylic acids is 1. The summed E-state index contributed by atoms with van der Waals surface area (Å²) in [4.78, 5) is 19.6. The van der Waals surface area contributed by atoms with Crippen molar-refractivity contribution in [3.05, 3.63) is 71.8 Å². The summed E-state index contributed by atoms with van der Waals surface area (Å²) in [5, 5.41) is 3.57. The Morgan fingerprint density at radius 1 is 1.07 bits per heavy atom. The van der Waals surface area contributed by atoms with E-state index in [4.69, 9.17) is 9.73 Å². The van der Waals surface area contributed by atoms with Gasteiger partial charge in [0.05, 0.1) is 19.6 Å². The largest absolute Gasteiger partial charge is 0.469 e. The second kappa shape index (κ2) is 10.1. The molecule has 1 saturated heterocycles. The zero-order valence-corrected chi connectivity index (χ0v) is 17.5. The van der Waals surface area contributed by atoms with E-state index in [1.54, 1.807) is 0 Å². The number of nitrogens with one attached hydrogen (secondary N) is 1. The Labute approximate surface area is 173 Å². The highest BCUT2D eigenvalue weighted by Gasteiger charge is 2.42. The van der Waals surface area contributed by atoms with Gasteiger partial charge >= 0.3 is 5.97 Å². The second-order valence-corrected chi connectivity index (χ2v) is 7.48. The first kappa shape index (κ1) is 20.9. The Balaban J connectivity index is 1.81. The minimum atomic E-state index is -0.237. The molecule has 1 N–H and O–H groups in total. The summed E-state index contributed by atoms with van der Waals surface area (Å²) in [6.07, 6.45) is 1.74. The van der Waals surface area contributed by atoms with Crippen molar-refractivity contribution in [1.29, 1.82) is 0 Å². The number of rotatable bonds is 7. The first-order valence-electron chi connectivity index (χ1n) is 10.4. The van der Waals surface area contributed by atoms with Gasteiger partial charge in [-0.1, -0.05) is 60.7 Å². The first-order valence-corrected chi connectivity index (χ1v) is 10.4. The van der Waals surface area contributed by atoms with Crippen LogP contribution in [-0.4, -0.2) is 42.6 Å². The van der Waals surface area contributed by atoms with Gasteiger partial charge in [-0.2, -0.15) is 0 Å². The molecule has 5 heteroatoms. The van der Waals surface area contributed by atoms with Crippen molar-refractivity contribution in [1.82, 2.24) is 10.2 Å². The molecule has 3 rings (SSSR count). The van der Waals surface area contributed by atoms with Gasteiger partial charge in [-0.25, -0.2) is 4.99 Å². The maximum atomic E-state index is 12.6. The predicted molar refractivity (Wildman–Crippen MR) is 117 cm³/mol. The molecule has 1 aliphatic heterocycles. The number of hydrogen-bond donors (Lipinski definition) is 1. The Morgan fingerprint density at radius 3 is 2.28 bits per heavy atom. The van der Waals surface area contributed by atoms with Crippen LogP contribution in [0.2, 0.25) is 0 Å². The fourth-order valence-corrected chi connectivity index (χ4v) is 4.10. The van der Waals surface area contributed by atoms with E-state index < -0.39 is 0 Å². The lowest BCUT2D eigenvalue weighted by atomic mass is 9.85. The Morgan fingerprint density at radius 2 is 1.69 bits per heavy atom. The lowest BCUT2D eigenvalue weighted by Gasteiger charge is -2.45. The molecule has 1 aliphatic rings. The van der Waals surface area contributed by atoms with Crippen LogP contribution < -0.4 is 5.32 Å². The van der Waals surface area contributed by atoms with Gasteiger partial charge in [-0.15, -0.1) is 0 Å². The van der Waals surface area contributed by atoms with Gasteiger partial charge < -0.3 is 15.0 Å². The van der Waals surface area contributed by atoms with E-state index in [0.717, 1.165) is 25.3 Å². The number of aliphatic imine (C=N–C) groups is 1. The lowest BCUT2D eigenvalue weighted by molar-refractivity contribution is -0.149. The minimum absolute atomic E-state index is 0.0176. The van der Waals surface area contributed by atoms with Gasteiger partial charge in [0.1, 0.15) is 0 Å². The smallest absolute Gasteiger partial charge is 0.312 e. The first-order chi connectivity index (χ1) is 14.1. The van der Waals surface area contributed by atoms with Crippen molar-refractivity contribution in [3.63, 3.8) is 0 Å². The van der Waals surface area contributed by atoms with E-state index in [-0.39, 0.29) is 24.0 Å². The van der Waals surface area contributed by atoms with Crippen LogP contribution in [0.3, 0.4) is 0 Å². The molecule has 29 heavy (non-hydrogen) atoms. The van der Waals surface area contributed by atoms with Crippen LogP contribution in [0.25, 0.3) is 0 Å². The Kier molecular flexibility index (Phi) is 7.28. The van der Waals surface area contributed by atoms with Crippen molar-refractivity contribution < 1.29 is 9.53 Å². The molecule has 0 bridgehead atoms. The summed E-state index contributed by atoms with van der Waals surface area (Å²) < 4.78 is 5.15. The van der Waals surface area contributed by atoms with Crippen molar-refractivity contribution in [2.75, 3.05) is 13.7 Å². The number of aryl methyl sites for hydroxylation is 1. The molecule has 0 saturated carbocycles. The van der Waals surface area contributed by atoms with E-state index >= 15 is 0 Å². The summed E-state index contributed by atoms with van der Waals surface area (Å²) in [7, 11) is 1.47. The predicted octanol–water partition coefficient (Wildman–Crippen LogP) is 3.65. The maximum Gasteiger partial charge on any atom is 0.312 e. The second-order valence-electron chi connectivity index (χ2n) is 7.48. The highest BCUT2D eigenvalue weighted by molar-refractivity contribution is 5.85. The van der Waals surface area contributed by atoms with Gasteiger partial charge in [-0.05, 0) is 37.8 Å². The normalized spacial score (nSPS) is 22.9. The summed E-state index contributed by atoms with van der Waals surface area (Å²) in [5.74, 6) is 0.463. The molecule has 0 unspecified atom stereocenters. The number of nitrogens with zero attached hydrogens (tertiary/aromatic N) is 2. The SMILES string of the molecule is CCN1C(=NCc2ccccc2)N[C@@H](CCc2ccccc2)[C@H](C(=O)OC)[C@H]1C. The van der Waals surface area contributed by atoms with Gasteiger partial charge in [0.2, 0.25) is 0 Å². The fraction of sp³-hybridized carbons (Fsp3) is 0.417. The van der Waals surface area contributed by atoms with E-state index in [0.29, 0.717) is 6.54 Å². The summed E-state index contributed by atoms with van der Waals surface area (Å²) in [6, 6.07) is 20.6. The van der Waals surface area contributed by atoms with Gasteiger partial charge in [0, 0.05) is 18.6 Å². The molecule has 1 fully saturated rings. The quantitative estimate of drug-likeness (QED) is 0.730. The summed E-state index contributed by atoms with van der Waals surface area (Å²) in [6.45, 7) is 5.58. The topological polar surface area (TPSA) is 53.9 Å². The molecule has 0 radical (unpaired) electrons. The number of esters is 1. The molecule has 0 spiro atoms. The molecule has 0 aromatic heterocycles. The molecular formula is C24H31N3O2. The third-order valence-corrected chi connectivity index (χ3v) is 5.69. The van der Waals surface area contributed by atoms with Crippen LogP contribution in [0.15, 0.2) is 65.7 Å². The molecule has 5 nitrogen and oxygen atoms in total. The van der Waals surface area contributed by atoms with Crippen LogP contribution >= 0.6 is 0 Å². The fourth-order valence-electron chi connectivity index (χ4n) is 4.10. The summed E-state index contributed by atoms with van der Waals surface area (Å²) in [5.41, 5.74) is 2.44. The number of methoxy groups -OCH3 is 1. The number of ether oxygens (including phenoxy) is 1. The van der Waals surface area contributed by atoms with Crippen LogP contribution in [0.1, 0.15) is 31.4 Å². The molecule has 0 aliphatic carbocycles. The number of guanidine groups is 1. The van der Waals surface area contributed by atoms with Gasteiger partial charge in [-0.3, -0.25) is 4.79 Å². The van der Waals surface area contributed by atoms with E-state index in [9.17, 15) is 4.79 Å². The monoisotopic (exact) mass is 393 g/mol. The van der Waals surface area contributed by atoms with E-state index in [1.165, 1.54) is 18.2 Å². The molecular weight excluding hydrogens is 362 g/mol. The van der Waals surface area contributed by atoms with Gasteiger partial charge in [0.25, 0.3) is 0 Å². The molecule has 0 amide bonds. The minimum Gasteiger partial charge on any atom is -0.469 e. The zero-order chi connectivity index (χ0) is 20.6. The Hall–Kier alpha value is -2.82. The third kappa shape index (κ3) is 5.17. The van der Waals surface area contributed by atoms with Crippen molar-refractivity contribution in [2.24, 2.45) is 10.9 Å². The number of carbonyl (C=O) groups is 1. The average Bonchev–Trinajstić information content (AvgIpc) is 2.77. The van der Waals surface area contributed by atoms with Crippen LogP contribution in [0, 0.1) is 5.92 Å². The van der Waals surface area contributed by atoms with Crippen molar-refractivity contribution >= 4 is 11.9 Å².